The van der Waals surface area contributed by atoms with Gasteiger partial charge < -0.3 is 26.4 Å². The van der Waals surface area contributed by atoms with E-state index in [0.717, 1.165) is 36.3 Å². The van der Waals surface area contributed by atoms with Gasteiger partial charge in [-0.15, -0.1) is 0 Å². The molecular weight excluding hydrogens is 418 g/mol. The van der Waals surface area contributed by atoms with Crippen LogP contribution in [0.1, 0.15) is 57.7 Å². The van der Waals surface area contributed by atoms with Crippen molar-refractivity contribution in [3.8, 4) is 5.75 Å². The van der Waals surface area contributed by atoms with Crippen LogP contribution in [0.3, 0.4) is 0 Å². The van der Waals surface area contributed by atoms with E-state index >= 15 is 0 Å². The molecule has 32 heavy (non-hydrogen) atoms. The Morgan fingerprint density at radius 3 is 2.12 bits per heavy atom. The lowest BCUT2D eigenvalue weighted by molar-refractivity contribution is -0.904. The van der Waals surface area contributed by atoms with Crippen molar-refractivity contribution in [2.45, 2.75) is 59.9 Å². The molecule has 0 spiro atoms. The second kappa shape index (κ2) is 12.1. The number of nitrogens with zero attached hydrogens (tertiary/aromatic N) is 1. The highest BCUT2D eigenvalue weighted by atomic mass is 35.5. The Morgan fingerprint density at radius 1 is 0.844 bits per heavy atom. The van der Waals surface area contributed by atoms with Crippen LogP contribution < -0.4 is 17.1 Å². The zero-order chi connectivity index (χ0) is 23.1. The highest BCUT2D eigenvalue weighted by Gasteiger charge is 2.27. The number of aryl methyl sites for hydroxylation is 1. The molecule has 2 aromatic rings. The third-order valence-corrected chi connectivity index (χ3v) is 5.72. The van der Waals surface area contributed by atoms with Crippen molar-refractivity contribution in [3.63, 3.8) is 0 Å². The molecule has 0 radical (unpaired) electrons. The van der Waals surface area contributed by atoms with Crippen molar-refractivity contribution in [1.29, 1.82) is 0 Å². The Balaban J connectivity index is 0.00000512. The van der Waals surface area contributed by atoms with E-state index < -0.39 is 0 Å². The summed E-state index contributed by atoms with van der Waals surface area (Å²) >= 11 is 0. The Morgan fingerprint density at radius 2 is 1.50 bits per heavy atom. The first-order valence-corrected chi connectivity index (χ1v) is 11.6. The number of rotatable bonds is 11. The van der Waals surface area contributed by atoms with Crippen LogP contribution in [0.15, 0.2) is 48.5 Å². The fourth-order valence-electron chi connectivity index (χ4n) is 4.39. The van der Waals surface area contributed by atoms with Gasteiger partial charge in [0, 0.05) is 5.56 Å². The summed E-state index contributed by atoms with van der Waals surface area (Å²) in [5.41, 5.74) is 4.28. The number of hydrogen-bond acceptors (Lipinski definition) is 2. The zero-order valence-electron chi connectivity index (χ0n) is 21.5. The van der Waals surface area contributed by atoms with Crippen LogP contribution in [0, 0.1) is 12.3 Å². The van der Waals surface area contributed by atoms with E-state index in [9.17, 15) is 0 Å². The standard InChI is InChI=1S/C28H44NO2.ClH/c1-23-14-15-25(28(5,6)22-27(2,3)4)20-26(23)31-19-18-30-17-16-29(7,8)21-24-12-10-9-11-13-24;/h9-15,20H,16-19,21-22H2,1-8H3;1H/q+1;/p-1. The largest absolute Gasteiger partial charge is 1.00 e. The quantitative estimate of drug-likeness (QED) is 0.377. The molecular formula is C28H44ClNO2. The van der Waals surface area contributed by atoms with Crippen LogP contribution in [0.4, 0.5) is 0 Å². The van der Waals surface area contributed by atoms with Crippen LogP contribution >= 0.6 is 0 Å². The van der Waals surface area contributed by atoms with Gasteiger partial charge >= 0.3 is 0 Å². The molecule has 2 aromatic carbocycles. The first kappa shape index (κ1) is 28.5. The predicted molar refractivity (Wildman–Crippen MR) is 132 cm³/mol. The lowest BCUT2D eigenvalue weighted by Gasteiger charge is -2.33. The monoisotopic (exact) mass is 461 g/mol. The molecule has 0 aliphatic rings. The number of ether oxygens (including phenoxy) is 2. The lowest BCUT2D eigenvalue weighted by atomic mass is 9.72. The first-order valence-electron chi connectivity index (χ1n) is 11.6. The Kier molecular flexibility index (Phi) is 10.7. The summed E-state index contributed by atoms with van der Waals surface area (Å²) in [7, 11) is 4.50. The number of benzene rings is 2. The smallest absolute Gasteiger partial charge is 0.122 e. The number of quaternary nitrogens is 1. The molecule has 2 rings (SSSR count). The van der Waals surface area contributed by atoms with E-state index in [1.54, 1.807) is 0 Å². The molecule has 180 valence electrons. The summed E-state index contributed by atoms with van der Waals surface area (Å²) in [4.78, 5) is 0. The van der Waals surface area contributed by atoms with Crippen LogP contribution in [-0.2, 0) is 16.7 Å². The van der Waals surface area contributed by atoms with Crippen molar-refractivity contribution in [2.75, 3.05) is 40.5 Å². The molecule has 0 aromatic heterocycles. The molecule has 0 aliphatic heterocycles. The van der Waals surface area contributed by atoms with Crippen molar-refractivity contribution in [3.05, 3.63) is 65.2 Å². The molecule has 0 unspecified atom stereocenters. The maximum atomic E-state index is 6.10. The maximum Gasteiger partial charge on any atom is 0.122 e. The first-order chi connectivity index (χ1) is 14.4. The summed E-state index contributed by atoms with van der Waals surface area (Å²) in [6.45, 7) is 17.6. The van der Waals surface area contributed by atoms with Crippen molar-refractivity contribution < 1.29 is 26.4 Å². The fourth-order valence-corrected chi connectivity index (χ4v) is 4.39. The van der Waals surface area contributed by atoms with E-state index in [0.29, 0.717) is 13.2 Å². The lowest BCUT2D eigenvalue weighted by Crippen LogP contribution is -3.00. The van der Waals surface area contributed by atoms with Gasteiger partial charge in [0.05, 0.1) is 27.3 Å². The van der Waals surface area contributed by atoms with Crippen molar-refractivity contribution in [1.82, 2.24) is 0 Å². The molecule has 0 bridgehead atoms. The Hall–Kier alpha value is -1.55. The number of hydrogen-bond donors (Lipinski definition) is 0. The van der Waals surface area contributed by atoms with Gasteiger partial charge in [-0.05, 0) is 41.4 Å². The minimum Gasteiger partial charge on any atom is -1.00 e. The Bertz CT molecular complexity index is 810. The van der Waals surface area contributed by atoms with Gasteiger partial charge in [-0.2, -0.15) is 0 Å². The maximum absolute atomic E-state index is 6.10. The third-order valence-electron chi connectivity index (χ3n) is 5.72. The fraction of sp³-hybridized carbons (Fsp3) is 0.571. The van der Waals surface area contributed by atoms with Crippen LogP contribution in [-0.4, -0.2) is 44.9 Å². The normalized spacial score (nSPS) is 12.4. The van der Waals surface area contributed by atoms with E-state index in [1.807, 2.05) is 0 Å². The second-order valence-corrected chi connectivity index (χ2v) is 11.4. The molecule has 3 nitrogen and oxygen atoms in total. The average molecular weight is 462 g/mol. The van der Waals surface area contributed by atoms with Gasteiger partial charge in [0.15, 0.2) is 0 Å². The van der Waals surface area contributed by atoms with E-state index in [4.69, 9.17) is 9.47 Å². The Labute approximate surface area is 203 Å². The number of likely N-dealkylation sites (N-methyl/N-ethyl adjacent to an activating group) is 1. The van der Waals surface area contributed by atoms with Crippen LogP contribution in [0.5, 0.6) is 5.75 Å². The van der Waals surface area contributed by atoms with E-state index in [-0.39, 0.29) is 23.2 Å². The molecule has 0 fully saturated rings. The van der Waals surface area contributed by atoms with Crippen molar-refractivity contribution >= 4 is 0 Å². The van der Waals surface area contributed by atoms with Gasteiger partial charge in [-0.25, -0.2) is 0 Å². The molecule has 0 amide bonds. The van der Waals surface area contributed by atoms with Crippen molar-refractivity contribution in [2.24, 2.45) is 5.41 Å². The van der Waals surface area contributed by atoms with Gasteiger partial charge in [0.2, 0.25) is 0 Å². The van der Waals surface area contributed by atoms with E-state index in [1.165, 1.54) is 16.7 Å². The van der Waals surface area contributed by atoms with Gasteiger partial charge in [0.1, 0.15) is 25.4 Å². The summed E-state index contributed by atoms with van der Waals surface area (Å²) in [5.74, 6) is 0.975. The molecule has 0 atom stereocenters. The molecule has 0 saturated carbocycles. The molecule has 0 N–H and O–H groups in total. The summed E-state index contributed by atoms with van der Waals surface area (Å²) < 4.78 is 12.9. The molecule has 4 heteroatoms. The SMILES string of the molecule is Cc1ccc(C(C)(C)CC(C)(C)C)cc1OCCOCC[N+](C)(C)Cc1ccccc1.[Cl-]. The summed E-state index contributed by atoms with van der Waals surface area (Å²) in [5, 5.41) is 0. The zero-order valence-corrected chi connectivity index (χ0v) is 22.3. The van der Waals surface area contributed by atoms with Gasteiger partial charge in [-0.1, -0.05) is 77.1 Å². The molecule has 0 aliphatic carbocycles. The van der Waals surface area contributed by atoms with E-state index in [2.05, 4.69) is 104 Å². The summed E-state index contributed by atoms with van der Waals surface area (Å²) in [6.07, 6.45) is 1.13. The predicted octanol–water partition coefficient (Wildman–Crippen LogP) is 3.38. The van der Waals surface area contributed by atoms with Gasteiger partial charge in [-0.3, -0.25) is 0 Å². The minimum atomic E-state index is 0. The average Bonchev–Trinajstić information content (AvgIpc) is 2.64. The minimum absolute atomic E-state index is 0. The highest BCUT2D eigenvalue weighted by molar-refractivity contribution is 5.39. The molecule has 0 heterocycles. The molecule has 0 saturated heterocycles. The van der Waals surface area contributed by atoms with Crippen LogP contribution in [0.2, 0.25) is 0 Å². The third kappa shape index (κ3) is 9.94. The highest BCUT2D eigenvalue weighted by Crippen LogP contribution is 2.37. The second-order valence-electron chi connectivity index (χ2n) is 11.4. The van der Waals surface area contributed by atoms with Gasteiger partial charge in [0.25, 0.3) is 0 Å². The topological polar surface area (TPSA) is 18.5 Å². The number of halogens is 1. The summed E-state index contributed by atoms with van der Waals surface area (Å²) in [6, 6.07) is 17.3. The van der Waals surface area contributed by atoms with Crippen LogP contribution in [0.25, 0.3) is 0 Å².